The molecule has 3 aromatic rings. The molecule has 0 atom stereocenters. The Balaban J connectivity index is 1.69. The summed E-state index contributed by atoms with van der Waals surface area (Å²) in [5.74, 6) is -0.345. The van der Waals surface area contributed by atoms with Crippen molar-refractivity contribution in [3.8, 4) is 0 Å². The lowest BCUT2D eigenvalue weighted by atomic mass is 10.1. The van der Waals surface area contributed by atoms with Crippen molar-refractivity contribution in [3.63, 3.8) is 0 Å². The van der Waals surface area contributed by atoms with Crippen LogP contribution in [-0.4, -0.2) is 27.8 Å². The molecule has 0 bridgehead atoms. The van der Waals surface area contributed by atoms with E-state index in [0.29, 0.717) is 16.8 Å². The molecule has 138 valence electrons. The van der Waals surface area contributed by atoms with Crippen LogP contribution in [0.25, 0.3) is 17.1 Å². The Labute approximate surface area is 154 Å². The first kappa shape index (κ1) is 18.6. The molecule has 2 aromatic carbocycles. The highest BCUT2D eigenvalue weighted by molar-refractivity contribution is 5.91. The molecule has 3 rings (SSSR count). The second-order valence-electron chi connectivity index (χ2n) is 6.01. The van der Waals surface area contributed by atoms with Gasteiger partial charge >= 0.3 is 6.18 Å². The molecule has 0 unspecified atom stereocenters. The van der Waals surface area contributed by atoms with Crippen molar-refractivity contribution in [2.75, 3.05) is 7.05 Å². The number of aromatic nitrogens is 2. The Morgan fingerprint density at radius 1 is 1.11 bits per heavy atom. The van der Waals surface area contributed by atoms with Crippen LogP contribution in [0.15, 0.2) is 60.8 Å². The first-order valence-electron chi connectivity index (χ1n) is 8.14. The molecule has 0 aliphatic rings. The van der Waals surface area contributed by atoms with Crippen LogP contribution in [0.4, 0.5) is 13.2 Å². The fraction of sp³-hybridized carbons (Fsp3) is 0.150. The minimum absolute atomic E-state index is 0.0660. The van der Waals surface area contributed by atoms with Gasteiger partial charge < -0.3 is 4.90 Å². The third kappa shape index (κ3) is 4.69. The molecular formula is C20H16F3N3O. The van der Waals surface area contributed by atoms with Crippen LogP contribution in [0.2, 0.25) is 0 Å². The molecule has 0 aliphatic carbocycles. The SMILES string of the molecule is CN(Cc1cccc(C(F)(F)F)c1)C(=O)/C=C/c1cnc2ccccc2n1. The van der Waals surface area contributed by atoms with Crippen LogP contribution in [0, 0.1) is 0 Å². The van der Waals surface area contributed by atoms with E-state index >= 15 is 0 Å². The number of benzene rings is 2. The number of halogens is 3. The van der Waals surface area contributed by atoms with E-state index in [2.05, 4.69) is 9.97 Å². The number of fused-ring (bicyclic) bond motifs is 1. The molecule has 4 nitrogen and oxygen atoms in total. The van der Waals surface area contributed by atoms with Crippen LogP contribution in [0.5, 0.6) is 0 Å². The molecule has 0 aliphatic heterocycles. The van der Waals surface area contributed by atoms with E-state index in [1.807, 2.05) is 24.3 Å². The molecule has 0 spiro atoms. The number of hydrogen-bond acceptors (Lipinski definition) is 3. The standard InChI is InChI=1S/C20H16F3N3O/c1-26(13-14-5-4-6-15(11-14)20(21,22)23)19(27)10-9-16-12-24-17-7-2-3-8-18(17)25-16/h2-12H,13H2,1H3/b10-9+. The lowest BCUT2D eigenvalue weighted by Gasteiger charge is -2.16. The van der Waals surface area contributed by atoms with Gasteiger partial charge in [0, 0.05) is 19.7 Å². The van der Waals surface area contributed by atoms with Gasteiger partial charge in [0.25, 0.3) is 0 Å². The van der Waals surface area contributed by atoms with Crippen LogP contribution in [-0.2, 0) is 17.5 Å². The monoisotopic (exact) mass is 371 g/mol. The number of alkyl halides is 3. The number of carbonyl (C=O) groups excluding carboxylic acids is 1. The number of rotatable bonds is 4. The van der Waals surface area contributed by atoms with Crippen LogP contribution >= 0.6 is 0 Å². The van der Waals surface area contributed by atoms with E-state index in [9.17, 15) is 18.0 Å². The zero-order chi connectivity index (χ0) is 19.4. The quantitative estimate of drug-likeness (QED) is 0.642. The van der Waals surface area contributed by atoms with E-state index in [1.165, 1.54) is 30.2 Å². The number of nitrogens with zero attached hydrogens (tertiary/aromatic N) is 3. The predicted molar refractivity (Wildman–Crippen MR) is 96.5 cm³/mol. The van der Waals surface area contributed by atoms with E-state index in [1.54, 1.807) is 12.3 Å². The Bertz CT molecular complexity index is 999. The number of para-hydroxylation sites is 2. The van der Waals surface area contributed by atoms with E-state index in [4.69, 9.17) is 0 Å². The normalized spacial score (nSPS) is 11.9. The Morgan fingerprint density at radius 2 is 1.85 bits per heavy atom. The highest BCUT2D eigenvalue weighted by Gasteiger charge is 2.30. The number of hydrogen-bond donors (Lipinski definition) is 0. The summed E-state index contributed by atoms with van der Waals surface area (Å²) in [4.78, 5) is 22.2. The second kappa shape index (κ2) is 7.57. The van der Waals surface area contributed by atoms with E-state index in [0.717, 1.165) is 17.6 Å². The first-order valence-corrected chi connectivity index (χ1v) is 8.14. The third-order valence-corrected chi connectivity index (χ3v) is 3.91. The average molecular weight is 371 g/mol. The zero-order valence-electron chi connectivity index (χ0n) is 14.4. The Kier molecular flexibility index (Phi) is 5.21. The molecule has 1 amide bonds. The van der Waals surface area contributed by atoms with Gasteiger partial charge in [0.05, 0.1) is 28.5 Å². The largest absolute Gasteiger partial charge is 0.416 e. The van der Waals surface area contributed by atoms with Gasteiger partial charge in [0.2, 0.25) is 5.91 Å². The molecule has 27 heavy (non-hydrogen) atoms. The number of likely N-dealkylation sites (N-methyl/N-ethyl adjacent to an activating group) is 1. The average Bonchev–Trinajstić information content (AvgIpc) is 2.65. The highest BCUT2D eigenvalue weighted by Crippen LogP contribution is 2.29. The topological polar surface area (TPSA) is 46.1 Å². The summed E-state index contributed by atoms with van der Waals surface area (Å²) in [5.41, 5.74) is 1.66. The molecule has 0 saturated heterocycles. The van der Waals surface area contributed by atoms with Crippen molar-refractivity contribution in [2.24, 2.45) is 0 Å². The predicted octanol–water partition coefficient (Wildman–Crippen LogP) is 4.32. The van der Waals surface area contributed by atoms with Crippen molar-refractivity contribution < 1.29 is 18.0 Å². The van der Waals surface area contributed by atoms with E-state index in [-0.39, 0.29) is 12.5 Å². The number of carbonyl (C=O) groups is 1. The summed E-state index contributed by atoms with van der Waals surface area (Å²) in [7, 11) is 1.53. The molecule has 0 fully saturated rings. The number of amides is 1. The highest BCUT2D eigenvalue weighted by atomic mass is 19.4. The fourth-order valence-corrected chi connectivity index (χ4v) is 2.53. The van der Waals surface area contributed by atoms with Crippen molar-refractivity contribution >= 4 is 23.0 Å². The smallest absolute Gasteiger partial charge is 0.338 e. The minimum Gasteiger partial charge on any atom is -0.338 e. The molecule has 1 heterocycles. The molecule has 0 radical (unpaired) electrons. The Hall–Kier alpha value is -3.22. The van der Waals surface area contributed by atoms with Crippen molar-refractivity contribution in [3.05, 3.63) is 77.6 Å². The van der Waals surface area contributed by atoms with Gasteiger partial charge in [-0.1, -0.05) is 24.3 Å². The molecule has 0 saturated carbocycles. The zero-order valence-corrected chi connectivity index (χ0v) is 14.4. The summed E-state index contributed by atoms with van der Waals surface area (Å²) in [6.45, 7) is 0.0660. The lowest BCUT2D eigenvalue weighted by molar-refractivity contribution is -0.137. The molecule has 7 heteroatoms. The van der Waals surface area contributed by atoms with Crippen molar-refractivity contribution in [2.45, 2.75) is 12.7 Å². The molecular weight excluding hydrogens is 355 g/mol. The van der Waals surface area contributed by atoms with Crippen LogP contribution in [0.3, 0.4) is 0 Å². The van der Waals surface area contributed by atoms with Crippen LogP contribution in [0.1, 0.15) is 16.8 Å². The minimum atomic E-state index is -4.41. The summed E-state index contributed by atoms with van der Waals surface area (Å²) in [6.07, 6.45) is 0.00295. The van der Waals surface area contributed by atoms with E-state index < -0.39 is 11.7 Å². The van der Waals surface area contributed by atoms with Crippen molar-refractivity contribution in [1.82, 2.24) is 14.9 Å². The van der Waals surface area contributed by atoms with Gasteiger partial charge in [-0.05, 0) is 35.9 Å². The summed E-state index contributed by atoms with van der Waals surface area (Å²) in [6, 6.07) is 12.3. The maximum absolute atomic E-state index is 12.8. The molecule has 0 N–H and O–H groups in total. The van der Waals surface area contributed by atoms with Gasteiger partial charge in [-0.3, -0.25) is 9.78 Å². The van der Waals surface area contributed by atoms with Gasteiger partial charge in [-0.25, -0.2) is 4.98 Å². The van der Waals surface area contributed by atoms with Gasteiger partial charge in [0.1, 0.15) is 0 Å². The summed E-state index contributed by atoms with van der Waals surface area (Å²) in [5, 5.41) is 0. The van der Waals surface area contributed by atoms with Gasteiger partial charge in [-0.2, -0.15) is 13.2 Å². The van der Waals surface area contributed by atoms with Gasteiger partial charge in [-0.15, -0.1) is 0 Å². The molecule has 1 aromatic heterocycles. The second-order valence-corrected chi connectivity index (χ2v) is 6.01. The summed E-state index contributed by atoms with van der Waals surface area (Å²) >= 11 is 0. The maximum Gasteiger partial charge on any atom is 0.416 e. The first-order chi connectivity index (χ1) is 12.8. The van der Waals surface area contributed by atoms with Crippen LogP contribution < -0.4 is 0 Å². The Morgan fingerprint density at radius 3 is 2.59 bits per heavy atom. The van der Waals surface area contributed by atoms with Gasteiger partial charge in [0.15, 0.2) is 0 Å². The lowest BCUT2D eigenvalue weighted by Crippen LogP contribution is -2.24. The maximum atomic E-state index is 12.8. The third-order valence-electron chi connectivity index (χ3n) is 3.91. The summed E-state index contributed by atoms with van der Waals surface area (Å²) < 4.78 is 38.3. The fourth-order valence-electron chi connectivity index (χ4n) is 2.53. The van der Waals surface area contributed by atoms with Crippen molar-refractivity contribution in [1.29, 1.82) is 0 Å².